The Morgan fingerprint density at radius 1 is 1.40 bits per heavy atom. The Morgan fingerprint density at radius 2 is 2.13 bits per heavy atom. The van der Waals surface area contributed by atoms with Crippen LogP contribution in [0.4, 0.5) is 0 Å². The van der Waals surface area contributed by atoms with Crippen LogP contribution in [0.15, 0.2) is 22.7 Å². The third-order valence-electron chi connectivity index (χ3n) is 2.48. The molecule has 1 rings (SSSR count). The van der Waals surface area contributed by atoms with E-state index in [0.717, 1.165) is 10.9 Å². The fraction of sp³-hybridized carbons (Fsp3) is 0.500. The maximum Gasteiger partial charge on any atom is 0.0305 e. The molecule has 1 nitrogen and oxygen atoms in total. The molecule has 0 amide bonds. The highest BCUT2D eigenvalue weighted by molar-refractivity contribution is 14.1. The van der Waals surface area contributed by atoms with E-state index >= 15 is 0 Å². The molecule has 2 N–H and O–H groups in total. The van der Waals surface area contributed by atoms with Gasteiger partial charge in [-0.2, -0.15) is 0 Å². The third kappa shape index (κ3) is 4.41. The van der Waals surface area contributed by atoms with Gasteiger partial charge in [0.05, 0.1) is 0 Å². The highest BCUT2D eigenvalue weighted by Crippen LogP contribution is 2.25. The molecule has 0 bridgehead atoms. The summed E-state index contributed by atoms with van der Waals surface area (Å²) >= 11 is 5.84. The Bertz CT molecular complexity index is 314. The van der Waals surface area contributed by atoms with Crippen LogP contribution in [0.5, 0.6) is 0 Å². The molecule has 15 heavy (non-hydrogen) atoms. The molecule has 0 aliphatic carbocycles. The van der Waals surface area contributed by atoms with Crippen molar-refractivity contribution in [3.8, 4) is 0 Å². The number of hydrogen-bond donors (Lipinski definition) is 1. The van der Waals surface area contributed by atoms with Crippen LogP contribution in [0.3, 0.4) is 0 Å². The Balaban J connectivity index is 2.64. The fourth-order valence-electron chi connectivity index (χ4n) is 1.57. The summed E-state index contributed by atoms with van der Waals surface area (Å²) in [5, 5.41) is 0. The molecule has 0 fully saturated rings. The Labute approximate surface area is 114 Å². The van der Waals surface area contributed by atoms with Gasteiger partial charge in [0.2, 0.25) is 0 Å². The van der Waals surface area contributed by atoms with Gasteiger partial charge in [-0.1, -0.05) is 42.1 Å². The Kier molecular flexibility index (Phi) is 6.16. The third-order valence-corrected chi connectivity index (χ3v) is 3.95. The smallest absolute Gasteiger partial charge is 0.0305 e. The van der Waals surface area contributed by atoms with Crippen molar-refractivity contribution in [3.05, 3.63) is 31.8 Å². The molecular formula is C12H17BrIN. The summed E-state index contributed by atoms with van der Waals surface area (Å²) in [4.78, 5) is 0. The van der Waals surface area contributed by atoms with Crippen molar-refractivity contribution in [1.82, 2.24) is 0 Å². The average Bonchev–Trinajstić information content (AvgIpc) is 2.22. The maximum absolute atomic E-state index is 6.18. The van der Waals surface area contributed by atoms with Crippen LogP contribution in [-0.2, 0) is 0 Å². The molecule has 0 aromatic heterocycles. The largest absolute Gasteiger partial charge is 0.324 e. The van der Waals surface area contributed by atoms with E-state index in [0.29, 0.717) is 0 Å². The van der Waals surface area contributed by atoms with E-state index in [1.807, 2.05) is 0 Å². The second-order valence-electron chi connectivity index (χ2n) is 3.77. The van der Waals surface area contributed by atoms with Crippen LogP contribution >= 0.6 is 38.5 Å². The minimum atomic E-state index is 0.181. The zero-order valence-electron chi connectivity index (χ0n) is 8.97. The zero-order valence-corrected chi connectivity index (χ0v) is 12.7. The van der Waals surface area contributed by atoms with Crippen molar-refractivity contribution in [2.75, 3.05) is 0 Å². The number of benzene rings is 1. The lowest BCUT2D eigenvalue weighted by Gasteiger charge is -2.14. The van der Waals surface area contributed by atoms with Gasteiger partial charge in [-0.15, -0.1) is 0 Å². The van der Waals surface area contributed by atoms with Crippen molar-refractivity contribution >= 4 is 38.5 Å². The van der Waals surface area contributed by atoms with Crippen LogP contribution in [0.25, 0.3) is 0 Å². The van der Waals surface area contributed by atoms with Crippen molar-refractivity contribution in [2.45, 2.75) is 38.6 Å². The normalized spacial score (nSPS) is 12.8. The van der Waals surface area contributed by atoms with Crippen LogP contribution in [0.2, 0.25) is 0 Å². The molecule has 1 atom stereocenters. The molecule has 0 saturated heterocycles. The fourth-order valence-corrected chi connectivity index (χ4v) is 2.68. The second-order valence-corrected chi connectivity index (χ2v) is 5.85. The first kappa shape index (κ1) is 13.5. The average molecular weight is 382 g/mol. The highest BCUT2D eigenvalue weighted by Gasteiger charge is 2.09. The van der Waals surface area contributed by atoms with Crippen molar-refractivity contribution in [2.24, 2.45) is 5.73 Å². The van der Waals surface area contributed by atoms with E-state index in [4.69, 9.17) is 5.73 Å². The predicted octanol–water partition coefficient (Wildman–Crippen LogP) is 4.63. The molecule has 0 aliphatic rings. The van der Waals surface area contributed by atoms with Gasteiger partial charge in [-0.05, 0) is 52.8 Å². The summed E-state index contributed by atoms with van der Waals surface area (Å²) < 4.78 is 2.38. The molecule has 0 aliphatic heterocycles. The van der Waals surface area contributed by atoms with Gasteiger partial charge in [0.1, 0.15) is 0 Å². The minimum Gasteiger partial charge on any atom is -0.324 e. The molecule has 3 heteroatoms. The summed E-state index contributed by atoms with van der Waals surface area (Å²) in [6.45, 7) is 2.22. The van der Waals surface area contributed by atoms with Gasteiger partial charge in [0.25, 0.3) is 0 Å². The molecular weight excluding hydrogens is 365 g/mol. The lowest BCUT2D eigenvalue weighted by atomic mass is 10.0. The van der Waals surface area contributed by atoms with E-state index in [1.54, 1.807) is 0 Å². The quantitative estimate of drug-likeness (QED) is 0.583. The monoisotopic (exact) mass is 381 g/mol. The zero-order chi connectivity index (χ0) is 11.3. The first-order valence-corrected chi connectivity index (χ1v) is 7.23. The Morgan fingerprint density at radius 3 is 2.80 bits per heavy atom. The first-order chi connectivity index (χ1) is 7.15. The lowest BCUT2D eigenvalue weighted by molar-refractivity contribution is 0.579. The van der Waals surface area contributed by atoms with E-state index in [1.165, 1.54) is 28.4 Å². The number of rotatable bonds is 5. The van der Waals surface area contributed by atoms with E-state index in [9.17, 15) is 0 Å². The van der Waals surface area contributed by atoms with E-state index in [2.05, 4.69) is 63.6 Å². The Hall–Kier alpha value is 0.390. The van der Waals surface area contributed by atoms with Gasteiger partial charge in [-0.25, -0.2) is 0 Å². The summed E-state index contributed by atoms with van der Waals surface area (Å²) in [5.41, 5.74) is 7.44. The minimum absolute atomic E-state index is 0.181. The predicted molar refractivity (Wildman–Crippen MR) is 77.9 cm³/mol. The maximum atomic E-state index is 6.18. The summed E-state index contributed by atoms with van der Waals surface area (Å²) in [6.07, 6.45) is 4.83. The standard InChI is InChI=1S/C12H17BrIN/c1-2-3-4-5-12(15)10-8-9(13)6-7-11(10)14/h6-8,12H,2-5,15H2,1H3. The molecule has 0 saturated carbocycles. The van der Waals surface area contributed by atoms with Crippen LogP contribution in [-0.4, -0.2) is 0 Å². The summed E-state index contributed by atoms with van der Waals surface area (Å²) in [6, 6.07) is 6.49. The van der Waals surface area contributed by atoms with Crippen molar-refractivity contribution in [3.63, 3.8) is 0 Å². The molecule has 0 spiro atoms. The topological polar surface area (TPSA) is 26.0 Å². The number of halogens is 2. The summed E-state index contributed by atoms with van der Waals surface area (Å²) in [7, 11) is 0. The van der Waals surface area contributed by atoms with Gasteiger partial charge in [0.15, 0.2) is 0 Å². The molecule has 84 valence electrons. The highest BCUT2D eigenvalue weighted by atomic mass is 127. The van der Waals surface area contributed by atoms with Crippen LogP contribution in [0.1, 0.15) is 44.2 Å². The first-order valence-electron chi connectivity index (χ1n) is 5.35. The SMILES string of the molecule is CCCCCC(N)c1cc(Br)ccc1I. The van der Waals surface area contributed by atoms with Gasteiger partial charge in [0, 0.05) is 14.1 Å². The molecule has 1 aromatic rings. The van der Waals surface area contributed by atoms with Gasteiger partial charge in [-0.3, -0.25) is 0 Å². The van der Waals surface area contributed by atoms with Gasteiger partial charge < -0.3 is 5.73 Å². The number of unbranched alkanes of at least 4 members (excludes halogenated alkanes) is 2. The lowest BCUT2D eigenvalue weighted by Crippen LogP contribution is -2.11. The molecule has 1 unspecified atom stereocenters. The van der Waals surface area contributed by atoms with E-state index in [-0.39, 0.29) is 6.04 Å². The van der Waals surface area contributed by atoms with Crippen LogP contribution in [0, 0.1) is 3.57 Å². The van der Waals surface area contributed by atoms with Crippen LogP contribution < -0.4 is 5.73 Å². The molecule has 1 aromatic carbocycles. The summed E-state index contributed by atoms with van der Waals surface area (Å²) in [5.74, 6) is 0. The van der Waals surface area contributed by atoms with Gasteiger partial charge >= 0.3 is 0 Å². The molecule has 0 heterocycles. The number of nitrogens with two attached hydrogens (primary N) is 1. The van der Waals surface area contributed by atoms with Crippen molar-refractivity contribution < 1.29 is 0 Å². The van der Waals surface area contributed by atoms with E-state index < -0.39 is 0 Å². The molecule has 0 radical (unpaired) electrons. The van der Waals surface area contributed by atoms with Crippen molar-refractivity contribution in [1.29, 1.82) is 0 Å². The number of hydrogen-bond acceptors (Lipinski definition) is 1. The second kappa shape index (κ2) is 6.86.